The summed E-state index contributed by atoms with van der Waals surface area (Å²) in [7, 11) is 0. The van der Waals surface area contributed by atoms with Gasteiger partial charge in [-0.3, -0.25) is 0 Å². The second-order valence-electron chi connectivity index (χ2n) is 4.20. The number of hydrogen-bond donors (Lipinski definition) is 0. The molecule has 1 aromatic rings. The van der Waals surface area contributed by atoms with Gasteiger partial charge in [0.15, 0.2) is 6.21 Å². The van der Waals surface area contributed by atoms with Crippen LogP contribution in [-0.4, -0.2) is 25.4 Å². The first-order valence-electron chi connectivity index (χ1n) is 6.32. The molecule has 1 unspecified atom stereocenters. The van der Waals surface area contributed by atoms with E-state index in [0.717, 1.165) is 30.6 Å². The molecule has 1 aliphatic rings. The molecule has 2 rings (SSSR count). The van der Waals surface area contributed by atoms with E-state index in [1.165, 1.54) is 5.56 Å². The summed E-state index contributed by atoms with van der Waals surface area (Å²) in [5.41, 5.74) is 2.17. The smallest absolute Gasteiger partial charge is 0.352 e. The van der Waals surface area contributed by atoms with E-state index in [4.69, 9.17) is 14.3 Å². The maximum absolute atomic E-state index is 11.0. The highest BCUT2D eigenvalue weighted by Gasteiger charge is 2.15. The molecule has 0 spiro atoms. The van der Waals surface area contributed by atoms with Crippen LogP contribution in [0.2, 0.25) is 0 Å². The van der Waals surface area contributed by atoms with Gasteiger partial charge in [0.1, 0.15) is 11.9 Å². The Balaban J connectivity index is 1.93. The summed E-state index contributed by atoms with van der Waals surface area (Å²) in [5.74, 6) is 0.398. The predicted molar refractivity (Wildman–Crippen MR) is 70.3 cm³/mol. The van der Waals surface area contributed by atoms with Crippen molar-refractivity contribution in [2.24, 2.45) is 5.16 Å². The van der Waals surface area contributed by atoms with Gasteiger partial charge in [0.25, 0.3) is 0 Å². The second-order valence-corrected chi connectivity index (χ2v) is 4.20. The van der Waals surface area contributed by atoms with Crippen molar-refractivity contribution in [3.05, 3.63) is 29.3 Å². The van der Waals surface area contributed by atoms with E-state index < -0.39 is 5.97 Å². The summed E-state index contributed by atoms with van der Waals surface area (Å²) in [6.45, 7) is 4.65. The standard InChI is InChI=1S/C14H17NO4/c1-3-17-14(16)9-15-19-10(2)12-5-4-11-6-7-18-13(11)8-12/h4-5,8-10H,3,6-7H2,1-2H3. The third-order valence-electron chi connectivity index (χ3n) is 2.85. The van der Waals surface area contributed by atoms with Gasteiger partial charge >= 0.3 is 5.97 Å². The van der Waals surface area contributed by atoms with E-state index in [-0.39, 0.29) is 6.10 Å². The summed E-state index contributed by atoms with van der Waals surface area (Å²) in [6, 6.07) is 5.97. The van der Waals surface area contributed by atoms with Crippen molar-refractivity contribution in [3.63, 3.8) is 0 Å². The highest BCUT2D eigenvalue weighted by atomic mass is 16.6. The fourth-order valence-electron chi connectivity index (χ4n) is 1.84. The maximum atomic E-state index is 11.0. The lowest BCUT2D eigenvalue weighted by molar-refractivity contribution is -0.134. The third kappa shape index (κ3) is 3.47. The van der Waals surface area contributed by atoms with Gasteiger partial charge < -0.3 is 14.3 Å². The Morgan fingerprint density at radius 3 is 3.21 bits per heavy atom. The molecule has 1 aliphatic heterocycles. The van der Waals surface area contributed by atoms with Crippen LogP contribution in [0.5, 0.6) is 5.75 Å². The van der Waals surface area contributed by atoms with E-state index in [0.29, 0.717) is 6.61 Å². The minimum atomic E-state index is -0.507. The molecule has 5 heteroatoms. The molecule has 0 aliphatic carbocycles. The molecule has 1 aromatic carbocycles. The van der Waals surface area contributed by atoms with Crippen LogP contribution in [0.1, 0.15) is 31.1 Å². The van der Waals surface area contributed by atoms with Crippen LogP contribution in [0.15, 0.2) is 23.4 Å². The molecule has 5 nitrogen and oxygen atoms in total. The van der Waals surface area contributed by atoms with Crippen molar-refractivity contribution < 1.29 is 19.1 Å². The number of fused-ring (bicyclic) bond motifs is 1. The quantitative estimate of drug-likeness (QED) is 0.464. The van der Waals surface area contributed by atoms with Crippen LogP contribution >= 0.6 is 0 Å². The number of esters is 1. The van der Waals surface area contributed by atoms with Gasteiger partial charge in [-0.15, -0.1) is 0 Å². The Morgan fingerprint density at radius 2 is 2.42 bits per heavy atom. The molecule has 0 fully saturated rings. The molecular weight excluding hydrogens is 246 g/mol. The van der Waals surface area contributed by atoms with E-state index in [1.807, 2.05) is 25.1 Å². The number of rotatable bonds is 5. The lowest BCUT2D eigenvalue weighted by atomic mass is 10.1. The average molecular weight is 263 g/mol. The van der Waals surface area contributed by atoms with Gasteiger partial charge in [-0.25, -0.2) is 4.79 Å². The van der Waals surface area contributed by atoms with Gasteiger partial charge in [0.05, 0.1) is 13.2 Å². The Bertz CT molecular complexity index is 484. The molecule has 0 radical (unpaired) electrons. The van der Waals surface area contributed by atoms with Crippen LogP contribution in [0, 0.1) is 0 Å². The van der Waals surface area contributed by atoms with Gasteiger partial charge in [0.2, 0.25) is 0 Å². The lowest BCUT2D eigenvalue weighted by Crippen LogP contribution is -2.05. The van der Waals surface area contributed by atoms with Crippen LogP contribution in [0.3, 0.4) is 0 Å². The number of carbonyl (C=O) groups is 1. The zero-order valence-corrected chi connectivity index (χ0v) is 11.1. The number of benzene rings is 1. The molecule has 19 heavy (non-hydrogen) atoms. The number of hydrogen-bond acceptors (Lipinski definition) is 5. The van der Waals surface area contributed by atoms with Crippen molar-refractivity contribution in [1.29, 1.82) is 0 Å². The van der Waals surface area contributed by atoms with E-state index in [1.54, 1.807) is 6.92 Å². The molecule has 0 N–H and O–H groups in total. The third-order valence-corrected chi connectivity index (χ3v) is 2.85. The Morgan fingerprint density at radius 1 is 1.58 bits per heavy atom. The van der Waals surface area contributed by atoms with Gasteiger partial charge in [-0.2, -0.15) is 0 Å². The minimum Gasteiger partial charge on any atom is -0.493 e. The first-order valence-corrected chi connectivity index (χ1v) is 6.32. The highest BCUT2D eigenvalue weighted by molar-refractivity contribution is 6.22. The fraction of sp³-hybridized carbons (Fsp3) is 0.429. The van der Waals surface area contributed by atoms with Crippen LogP contribution in [-0.2, 0) is 20.8 Å². The highest BCUT2D eigenvalue weighted by Crippen LogP contribution is 2.29. The average Bonchev–Trinajstić information content (AvgIpc) is 2.86. The monoisotopic (exact) mass is 263 g/mol. The minimum absolute atomic E-state index is 0.250. The molecule has 0 saturated heterocycles. The maximum Gasteiger partial charge on any atom is 0.352 e. The largest absolute Gasteiger partial charge is 0.493 e. The fourth-order valence-corrected chi connectivity index (χ4v) is 1.84. The zero-order chi connectivity index (χ0) is 13.7. The van der Waals surface area contributed by atoms with Crippen molar-refractivity contribution in [2.75, 3.05) is 13.2 Å². The van der Waals surface area contributed by atoms with Crippen LogP contribution in [0.4, 0.5) is 0 Å². The molecule has 1 atom stereocenters. The van der Waals surface area contributed by atoms with E-state index >= 15 is 0 Å². The van der Waals surface area contributed by atoms with Gasteiger partial charge in [-0.1, -0.05) is 17.3 Å². The molecule has 1 heterocycles. The van der Waals surface area contributed by atoms with Gasteiger partial charge in [0, 0.05) is 6.42 Å². The molecule has 0 saturated carbocycles. The van der Waals surface area contributed by atoms with Crippen LogP contribution < -0.4 is 4.74 Å². The summed E-state index contributed by atoms with van der Waals surface area (Å²) in [4.78, 5) is 16.3. The van der Waals surface area contributed by atoms with Crippen molar-refractivity contribution in [3.8, 4) is 5.75 Å². The molecule has 0 aromatic heterocycles. The molecule has 102 valence electrons. The molecular formula is C14H17NO4. The number of carbonyl (C=O) groups excluding carboxylic acids is 1. The van der Waals surface area contributed by atoms with Crippen molar-refractivity contribution in [2.45, 2.75) is 26.4 Å². The summed E-state index contributed by atoms with van der Waals surface area (Å²) >= 11 is 0. The molecule has 0 bridgehead atoms. The number of ether oxygens (including phenoxy) is 2. The predicted octanol–water partition coefficient (Wildman–Crippen LogP) is 2.25. The second kappa shape index (κ2) is 6.22. The van der Waals surface area contributed by atoms with Gasteiger partial charge in [-0.05, 0) is 31.0 Å². The Hall–Kier alpha value is -2.04. The first-order chi connectivity index (χ1) is 9.20. The summed E-state index contributed by atoms with van der Waals surface area (Å²) in [6.07, 6.45) is 1.73. The molecule has 0 amide bonds. The van der Waals surface area contributed by atoms with Crippen LogP contribution in [0.25, 0.3) is 0 Å². The van der Waals surface area contributed by atoms with E-state index in [2.05, 4.69) is 5.16 Å². The summed E-state index contributed by atoms with van der Waals surface area (Å²) < 4.78 is 10.2. The number of nitrogens with zero attached hydrogens (tertiary/aromatic N) is 1. The van der Waals surface area contributed by atoms with Crippen molar-refractivity contribution >= 4 is 12.2 Å². The Labute approximate surface area is 112 Å². The Kier molecular flexibility index (Phi) is 4.39. The summed E-state index contributed by atoms with van der Waals surface area (Å²) in [5, 5.41) is 3.62. The lowest BCUT2D eigenvalue weighted by Gasteiger charge is -2.10. The first kappa shape index (κ1) is 13.4. The SMILES string of the molecule is CCOC(=O)C=NOC(C)c1ccc2c(c1)OCC2. The zero-order valence-electron chi connectivity index (χ0n) is 11.1. The topological polar surface area (TPSA) is 57.1 Å². The van der Waals surface area contributed by atoms with Crippen molar-refractivity contribution in [1.82, 2.24) is 0 Å². The number of oxime groups is 1. The van der Waals surface area contributed by atoms with E-state index in [9.17, 15) is 4.79 Å². The normalized spacial score (nSPS) is 14.8.